The number of aliphatic imine (C=N–C) groups is 1. The molecule has 1 fully saturated rings. The van der Waals surface area contributed by atoms with Crippen molar-refractivity contribution in [2.24, 2.45) is 10.4 Å². The second-order valence-corrected chi connectivity index (χ2v) is 5.77. The van der Waals surface area contributed by atoms with E-state index in [0.29, 0.717) is 23.2 Å². The SMILES string of the molecule is CN=C(NCC1(C)COC1)Nc1cc(OC)c(OC)c(OC)c1. The lowest BCUT2D eigenvalue weighted by molar-refractivity contribution is -0.0970. The average Bonchev–Trinajstić information content (AvgIpc) is 2.55. The van der Waals surface area contributed by atoms with Crippen LogP contribution in [0.15, 0.2) is 17.1 Å². The van der Waals surface area contributed by atoms with E-state index in [2.05, 4.69) is 22.5 Å². The number of anilines is 1. The number of guanidine groups is 1. The monoisotopic (exact) mass is 323 g/mol. The van der Waals surface area contributed by atoms with E-state index in [1.807, 2.05) is 12.1 Å². The zero-order valence-corrected chi connectivity index (χ0v) is 14.4. The normalized spacial score (nSPS) is 16.3. The van der Waals surface area contributed by atoms with Gasteiger partial charge < -0.3 is 29.6 Å². The summed E-state index contributed by atoms with van der Waals surface area (Å²) in [6.45, 7) is 4.50. The number of methoxy groups -OCH3 is 3. The molecule has 7 nitrogen and oxygen atoms in total. The van der Waals surface area contributed by atoms with Crippen molar-refractivity contribution in [1.82, 2.24) is 5.32 Å². The smallest absolute Gasteiger partial charge is 0.203 e. The second-order valence-electron chi connectivity index (χ2n) is 5.77. The summed E-state index contributed by atoms with van der Waals surface area (Å²) in [4.78, 5) is 4.24. The van der Waals surface area contributed by atoms with Gasteiger partial charge in [-0.3, -0.25) is 4.99 Å². The van der Waals surface area contributed by atoms with Crippen molar-refractivity contribution in [3.63, 3.8) is 0 Å². The molecule has 7 heteroatoms. The summed E-state index contributed by atoms with van der Waals surface area (Å²) in [7, 11) is 6.49. The molecule has 1 saturated heterocycles. The van der Waals surface area contributed by atoms with Crippen molar-refractivity contribution in [3.8, 4) is 17.2 Å². The van der Waals surface area contributed by atoms with Crippen molar-refractivity contribution in [2.45, 2.75) is 6.92 Å². The van der Waals surface area contributed by atoms with E-state index in [-0.39, 0.29) is 5.41 Å². The summed E-state index contributed by atoms with van der Waals surface area (Å²) in [6, 6.07) is 3.67. The zero-order valence-electron chi connectivity index (χ0n) is 14.4. The number of hydrogen-bond donors (Lipinski definition) is 2. The molecule has 0 amide bonds. The summed E-state index contributed by atoms with van der Waals surface area (Å²) in [5.74, 6) is 2.41. The fourth-order valence-electron chi connectivity index (χ4n) is 2.32. The fraction of sp³-hybridized carbons (Fsp3) is 0.562. The zero-order chi connectivity index (χ0) is 16.9. The summed E-state index contributed by atoms with van der Waals surface area (Å²) >= 11 is 0. The highest BCUT2D eigenvalue weighted by molar-refractivity contribution is 5.94. The first kappa shape index (κ1) is 17.2. The Morgan fingerprint density at radius 2 is 1.78 bits per heavy atom. The van der Waals surface area contributed by atoms with Crippen LogP contribution in [-0.4, -0.2) is 54.1 Å². The number of nitrogens with zero attached hydrogens (tertiary/aromatic N) is 1. The highest BCUT2D eigenvalue weighted by atomic mass is 16.5. The summed E-state index contributed by atoms with van der Waals surface area (Å²) < 4.78 is 21.3. The van der Waals surface area contributed by atoms with E-state index in [1.165, 1.54) is 0 Å². The standard InChI is InChI=1S/C16H25N3O4/c1-16(9-23-10-16)8-18-15(17-2)19-11-6-12(20-3)14(22-5)13(7-11)21-4/h6-7H,8-10H2,1-5H3,(H2,17,18,19). The summed E-state index contributed by atoms with van der Waals surface area (Å²) in [5.41, 5.74) is 0.954. The van der Waals surface area contributed by atoms with Gasteiger partial charge in [-0.2, -0.15) is 0 Å². The summed E-state index contributed by atoms with van der Waals surface area (Å²) in [5, 5.41) is 6.54. The topological polar surface area (TPSA) is 73.3 Å². The lowest BCUT2D eigenvalue weighted by atomic mass is 9.89. The molecule has 2 N–H and O–H groups in total. The molecule has 0 bridgehead atoms. The molecule has 0 saturated carbocycles. The Bertz CT molecular complexity index is 545. The van der Waals surface area contributed by atoms with Gasteiger partial charge >= 0.3 is 0 Å². The van der Waals surface area contributed by atoms with Gasteiger partial charge in [0.2, 0.25) is 5.75 Å². The van der Waals surface area contributed by atoms with Gasteiger partial charge in [-0.25, -0.2) is 0 Å². The minimum absolute atomic E-state index is 0.160. The maximum absolute atomic E-state index is 5.35. The maximum atomic E-state index is 5.35. The Hall–Kier alpha value is -2.15. The number of ether oxygens (including phenoxy) is 4. The summed E-state index contributed by atoms with van der Waals surface area (Å²) in [6.07, 6.45) is 0. The van der Waals surface area contributed by atoms with Crippen molar-refractivity contribution >= 4 is 11.6 Å². The minimum atomic E-state index is 0.160. The van der Waals surface area contributed by atoms with Crippen LogP contribution in [0, 0.1) is 5.41 Å². The highest BCUT2D eigenvalue weighted by Gasteiger charge is 2.33. The van der Waals surface area contributed by atoms with E-state index >= 15 is 0 Å². The second kappa shape index (κ2) is 7.41. The van der Waals surface area contributed by atoms with Crippen LogP contribution in [0.25, 0.3) is 0 Å². The molecule has 0 atom stereocenters. The third-order valence-electron chi connectivity index (χ3n) is 3.73. The molecule has 0 aromatic heterocycles. The van der Waals surface area contributed by atoms with Gasteiger partial charge in [0.1, 0.15) is 0 Å². The van der Waals surface area contributed by atoms with Crippen LogP contribution in [0.4, 0.5) is 5.69 Å². The molecule has 0 spiro atoms. The molecule has 1 aliphatic rings. The molecule has 2 rings (SSSR count). The third kappa shape index (κ3) is 3.98. The maximum Gasteiger partial charge on any atom is 0.203 e. The van der Waals surface area contributed by atoms with Gasteiger partial charge in [-0.15, -0.1) is 0 Å². The molecular weight excluding hydrogens is 298 g/mol. The van der Waals surface area contributed by atoms with Gasteiger partial charge in [-0.1, -0.05) is 6.92 Å². The molecule has 1 aromatic rings. The van der Waals surface area contributed by atoms with Crippen LogP contribution in [-0.2, 0) is 4.74 Å². The minimum Gasteiger partial charge on any atom is -0.493 e. The number of nitrogens with one attached hydrogen (secondary N) is 2. The first-order valence-electron chi connectivity index (χ1n) is 7.40. The molecular formula is C16H25N3O4. The quantitative estimate of drug-likeness (QED) is 0.614. The van der Waals surface area contributed by atoms with Crippen LogP contribution >= 0.6 is 0 Å². The molecule has 128 valence electrons. The average molecular weight is 323 g/mol. The number of hydrogen-bond acceptors (Lipinski definition) is 5. The van der Waals surface area contributed by atoms with Crippen LogP contribution < -0.4 is 24.8 Å². The Kier molecular flexibility index (Phi) is 5.54. The van der Waals surface area contributed by atoms with Crippen LogP contribution in [0.5, 0.6) is 17.2 Å². The Morgan fingerprint density at radius 1 is 1.17 bits per heavy atom. The highest BCUT2D eigenvalue weighted by Crippen LogP contribution is 2.39. The van der Waals surface area contributed by atoms with Crippen molar-refractivity contribution < 1.29 is 18.9 Å². The lowest BCUT2D eigenvalue weighted by Crippen LogP contribution is -2.49. The Labute approximate surface area is 137 Å². The van der Waals surface area contributed by atoms with Gasteiger partial charge in [0.25, 0.3) is 0 Å². The molecule has 0 radical (unpaired) electrons. The molecule has 0 unspecified atom stereocenters. The van der Waals surface area contributed by atoms with Gasteiger partial charge in [0, 0.05) is 36.8 Å². The molecule has 1 aromatic carbocycles. The van der Waals surface area contributed by atoms with E-state index in [4.69, 9.17) is 18.9 Å². The van der Waals surface area contributed by atoms with Gasteiger partial charge in [0.05, 0.1) is 34.5 Å². The number of benzene rings is 1. The molecule has 1 aliphatic heterocycles. The Balaban J connectivity index is 2.10. The first-order chi connectivity index (χ1) is 11.0. The van der Waals surface area contributed by atoms with E-state index in [0.717, 1.165) is 25.4 Å². The molecule has 0 aliphatic carbocycles. The van der Waals surface area contributed by atoms with E-state index in [9.17, 15) is 0 Å². The van der Waals surface area contributed by atoms with E-state index < -0.39 is 0 Å². The predicted molar refractivity (Wildman–Crippen MR) is 90.0 cm³/mol. The van der Waals surface area contributed by atoms with Crippen LogP contribution in [0.3, 0.4) is 0 Å². The Morgan fingerprint density at radius 3 is 2.17 bits per heavy atom. The van der Waals surface area contributed by atoms with Crippen molar-refractivity contribution in [1.29, 1.82) is 0 Å². The molecule has 23 heavy (non-hydrogen) atoms. The fourth-order valence-corrected chi connectivity index (χ4v) is 2.32. The number of rotatable bonds is 6. The predicted octanol–water partition coefficient (Wildman–Crippen LogP) is 1.74. The van der Waals surface area contributed by atoms with Crippen molar-refractivity contribution in [2.75, 3.05) is 53.5 Å². The molecule has 1 heterocycles. The lowest BCUT2D eigenvalue weighted by Gasteiger charge is -2.38. The third-order valence-corrected chi connectivity index (χ3v) is 3.73. The van der Waals surface area contributed by atoms with E-state index in [1.54, 1.807) is 28.4 Å². The largest absolute Gasteiger partial charge is 0.493 e. The van der Waals surface area contributed by atoms with Crippen LogP contribution in [0.1, 0.15) is 6.92 Å². The van der Waals surface area contributed by atoms with Gasteiger partial charge in [0.15, 0.2) is 17.5 Å². The first-order valence-corrected chi connectivity index (χ1v) is 7.40. The van der Waals surface area contributed by atoms with Crippen LogP contribution in [0.2, 0.25) is 0 Å². The van der Waals surface area contributed by atoms with Crippen molar-refractivity contribution in [3.05, 3.63) is 12.1 Å². The van der Waals surface area contributed by atoms with Gasteiger partial charge in [-0.05, 0) is 0 Å².